The Labute approximate surface area is 179 Å². The summed E-state index contributed by atoms with van der Waals surface area (Å²) in [6.45, 7) is 0. The van der Waals surface area contributed by atoms with Crippen molar-refractivity contribution in [2.75, 3.05) is 24.7 Å². The van der Waals surface area contributed by atoms with Crippen LogP contribution in [0.1, 0.15) is 17.5 Å². The molecule has 4 rings (SSSR count). The highest BCUT2D eigenvalue weighted by atomic mass is 79.9. The van der Waals surface area contributed by atoms with E-state index in [9.17, 15) is 4.79 Å². The number of aliphatic carboxylic acids is 1. The second kappa shape index (κ2) is 7.88. The van der Waals surface area contributed by atoms with E-state index in [0.717, 1.165) is 34.4 Å². The molecule has 0 unspecified atom stereocenters. The lowest BCUT2D eigenvalue weighted by atomic mass is 10.1. The van der Waals surface area contributed by atoms with Crippen molar-refractivity contribution in [2.45, 2.75) is 24.4 Å². The number of fused-ring (bicyclic) bond motifs is 1. The number of carbonyl (C=O) groups is 1. The second-order valence-corrected chi connectivity index (χ2v) is 9.57. The summed E-state index contributed by atoms with van der Waals surface area (Å²) in [6.07, 6.45) is 4.91. The van der Waals surface area contributed by atoms with Gasteiger partial charge in [-0.2, -0.15) is 0 Å². The molecule has 28 heavy (non-hydrogen) atoms. The van der Waals surface area contributed by atoms with Crippen LogP contribution in [0.3, 0.4) is 0 Å². The Morgan fingerprint density at radius 1 is 1.36 bits per heavy atom. The lowest BCUT2D eigenvalue weighted by Crippen LogP contribution is -2.09. The smallest absolute Gasteiger partial charge is 0.313 e. The SMILES string of the molecule is CN(C)c1ccc(-c2sc(-n3cnnc3SCC(=O)O)c3c2CCC3)cc1Br. The van der Waals surface area contributed by atoms with Gasteiger partial charge in [0, 0.05) is 23.4 Å². The molecule has 0 bridgehead atoms. The molecule has 1 aliphatic rings. The zero-order chi connectivity index (χ0) is 19.8. The Kier molecular flexibility index (Phi) is 5.48. The van der Waals surface area contributed by atoms with Crippen molar-refractivity contribution in [3.63, 3.8) is 0 Å². The van der Waals surface area contributed by atoms with Crippen LogP contribution < -0.4 is 4.90 Å². The Morgan fingerprint density at radius 2 is 2.14 bits per heavy atom. The quantitative estimate of drug-likeness (QED) is 0.526. The molecule has 0 saturated heterocycles. The fourth-order valence-electron chi connectivity index (χ4n) is 3.48. The number of hydrogen-bond acceptors (Lipinski definition) is 6. The highest BCUT2D eigenvalue weighted by Crippen LogP contribution is 2.45. The van der Waals surface area contributed by atoms with Gasteiger partial charge in [-0.25, -0.2) is 0 Å². The summed E-state index contributed by atoms with van der Waals surface area (Å²) >= 11 is 6.63. The van der Waals surface area contributed by atoms with Gasteiger partial charge < -0.3 is 10.0 Å². The predicted octanol–water partition coefficient (Wildman–Crippen LogP) is 4.49. The highest BCUT2D eigenvalue weighted by Gasteiger charge is 2.26. The number of carboxylic acid groups (broad SMARTS) is 1. The van der Waals surface area contributed by atoms with E-state index in [4.69, 9.17) is 5.11 Å². The molecule has 2 aromatic heterocycles. The number of benzene rings is 1. The van der Waals surface area contributed by atoms with E-state index in [2.05, 4.69) is 49.2 Å². The Morgan fingerprint density at radius 3 is 2.86 bits per heavy atom. The van der Waals surface area contributed by atoms with Crippen molar-refractivity contribution >= 4 is 50.7 Å². The van der Waals surface area contributed by atoms with E-state index in [0.29, 0.717) is 5.16 Å². The van der Waals surface area contributed by atoms with Crippen molar-refractivity contribution in [1.29, 1.82) is 0 Å². The van der Waals surface area contributed by atoms with Gasteiger partial charge in [0.15, 0.2) is 5.16 Å². The predicted molar refractivity (Wildman–Crippen MR) is 117 cm³/mol. The molecule has 0 atom stereocenters. The number of thiophene rings is 1. The van der Waals surface area contributed by atoms with E-state index in [-0.39, 0.29) is 5.75 Å². The van der Waals surface area contributed by atoms with Gasteiger partial charge in [0.1, 0.15) is 11.3 Å². The lowest BCUT2D eigenvalue weighted by Gasteiger charge is -2.15. The van der Waals surface area contributed by atoms with Crippen LogP contribution in [0.15, 0.2) is 34.2 Å². The molecule has 0 radical (unpaired) electrons. The summed E-state index contributed by atoms with van der Waals surface area (Å²) < 4.78 is 3.01. The number of aromatic nitrogens is 3. The molecule has 3 aromatic rings. The van der Waals surface area contributed by atoms with Crippen LogP contribution in [0.4, 0.5) is 5.69 Å². The van der Waals surface area contributed by atoms with Crippen LogP contribution in [0.25, 0.3) is 15.4 Å². The van der Waals surface area contributed by atoms with Crippen molar-refractivity contribution < 1.29 is 9.90 Å². The largest absolute Gasteiger partial charge is 0.481 e. The Balaban J connectivity index is 1.77. The van der Waals surface area contributed by atoms with E-state index < -0.39 is 5.97 Å². The first-order valence-corrected chi connectivity index (χ1v) is 11.4. The minimum atomic E-state index is -0.859. The zero-order valence-corrected chi connectivity index (χ0v) is 18.7. The summed E-state index contributed by atoms with van der Waals surface area (Å²) in [4.78, 5) is 14.3. The van der Waals surface area contributed by atoms with Gasteiger partial charge in [-0.1, -0.05) is 17.8 Å². The van der Waals surface area contributed by atoms with Crippen LogP contribution in [-0.2, 0) is 17.6 Å². The Hall–Kier alpha value is -1.84. The number of carboxylic acids is 1. The molecule has 146 valence electrons. The lowest BCUT2D eigenvalue weighted by molar-refractivity contribution is -0.133. The first-order chi connectivity index (χ1) is 13.5. The van der Waals surface area contributed by atoms with E-state index in [1.807, 2.05) is 18.7 Å². The van der Waals surface area contributed by atoms with Gasteiger partial charge in [-0.05, 0) is 64.0 Å². The maximum atomic E-state index is 10.9. The molecule has 6 nitrogen and oxygen atoms in total. The number of rotatable bonds is 6. The van der Waals surface area contributed by atoms with Crippen LogP contribution >= 0.6 is 39.0 Å². The minimum Gasteiger partial charge on any atom is -0.481 e. The number of halogens is 1. The van der Waals surface area contributed by atoms with Gasteiger partial charge in [-0.15, -0.1) is 21.5 Å². The number of hydrogen-bond donors (Lipinski definition) is 1. The van der Waals surface area contributed by atoms with Crippen molar-refractivity contribution in [3.05, 3.63) is 40.1 Å². The van der Waals surface area contributed by atoms with E-state index in [1.165, 1.54) is 33.3 Å². The maximum Gasteiger partial charge on any atom is 0.313 e. The fraction of sp³-hybridized carbons (Fsp3) is 0.316. The minimum absolute atomic E-state index is 0.0297. The van der Waals surface area contributed by atoms with Crippen LogP contribution in [0.5, 0.6) is 0 Å². The molecule has 1 aromatic carbocycles. The number of anilines is 1. The summed E-state index contributed by atoms with van der Waals surface area (Å²) in [5.41, 5.74) is 5.07. The summed E-state index contributed by atoms with van der Waals surface area (Å²) in [6, 6.07) is 6.48. The number of nitrogens with zero attached hydrogens (tertiary/aromatic N) is 4. The first kappa shape index (κ1) is 19.5. The topological polar surface area (TPSA) is 71.2 Å². The molecule has 1 aliphatic carbocycles. The molecular formula is C19H19BrN4O2S2. The van der Waals surface area contributed by atoms with Crippen molar-refractivity contribution in [1.82, 2.24) is 14.8 Å². The molecular weight excluding hydrogens is 460 g/mol. The van der Waals surface area contributed by atoms with Gasteiger partial charge in [0.2, 0.25) is 0 Å². The molecule has 0 aliphatic heterocycles. The Bertz CT molecular complexity index is 1040. The third kappa shape index (κ3) is 3.58. The molecule has 2 heterocycles. The number of thioether (sulfide) groups is 1. The monoisotopic (exact) mass is 478 g/mol. The molecule has 0 spiro atoms. The molecule has 1 N–H and O–H groups in total. The van der Waals surface area contributed by atoms with Crippen molar-refractivity contribution in [2.24, 2.45) is 0 Å². The second-order valence-electron chi connectivity index (χ2n) is 6.77. The molecule has 0 amide bonds. The summed E-state index contributed by atoms with van der Waals surface area (Å²) in [5.74, 6) is -0.889. The highest BCUT2D eigenvalue weighted by molar-refractivity contribution is 9.10. The van der Waals surface area contributed by atoms with E-state index in [1.54, 1.807) is 17.7 Å². The standard InChI is InChI=1S/C19H19BrN4O2S2/c1-23(2)15-7-6-11(8-14(15)20)17-12-4-3-5-13(12)18(28-17)24-10-21-22-19(24)27-9-16(25)26/h6-8,10H,3-5,9H2,1-2H3,(H,25,26). The van der Waals surface area contributed by atoms with Crippen LogP contribution in [0.2, 0.25) is 0 Å². The van der Waals surface area contributed by atoms with Crippen LogP contribution in [-0.4, -0.2) is 45.7 Å². The summed E-state index contributed by atoms with van der Waals surface area (Å²) in [5, 5.41) is 18.9. The molecule has 0 saturated carbocycles. The zero-order valence-electron chi connectivity index (χ0n) is 15.5. The molecule has 9 heteroatoms. The average Bonchev–Trinajstić information content (AvgIpc) is 3.35. The van der Waals surface area contributed by atoms with Gasteiger partial charge in [0.05, 0.1) is 11.4 Å². The third-order valence-electron chi connectivity index (χ3n) is 4.70. The normalized spacial score (nSPS) is 13.0. The van der Waals surface area contributed by atoms with E-state index >= 15 is 0 Å². The molecule has 0 fully saturated rings. The van der Waals surface area contributed by atoms with Crippen LogP contribution in [0, 0.1) is 0 Å². The fourth-order valence-corrected chi connectivity index (χ4v) is 6.27. The van der Waals surface area contributed by atoms with Crippen molar-refractivity contribution in [3.8, 4) is 15.4 Å². The maximum absolute atomic E-state index is 10.9. The van der Waals surface area contributed by atoms with Gasteiger partial charge in [-0.3, -0.25) is 9.36 Å². The average molecular weight is 479 g/mol. The third-order valence-corrected chi connectivity index (χ3v) is 7.59. The first-order valence-electron chi connectivity index (χ1n) is 8.82. The summed E-state index contributed by atoms with van der Waals surface area (Å²) in [7, 11) is 4.06. The van der Waals surface area contributed by atoms with Gasteiger partial charge in [0.25, 0.3) is 0 Å². The van der Waals surface area contributed by atoms with Gasteiger partial charge >= 0.3 is 5.97 Å².